The number of aliphatic hydroxyl groups is 7. The summed E-state index contributed by atoms with van der Waals surface area (Å²) in [6.45, 7) is 2.45. The Balaban J connectivity index is 1.75. The maximum Gasteiger partial charge on any atom is 0.306 e. The molecule has 11 atom stereocenters. The summed E-state index contributed by atoms with van der Waals surface area (Å²) >= 11 is 0. The fraction of sp³-hybridized carbons (Fsp3) is 0.800. The molecule has 0 radical (unpaired) electrons. The Hall–Kier alpha value is -2.80. The van der Waals surface area contributed by atoms with Crippen LogP contribution in [-0.2, 0) is 38.0 Å². The van der Waals surface area contributed by atoms with E-state index in [9.17, 15) is 45.3 Å². The Labute approximate surface area is 451 Å². The van der Waals surface area contributed by atoms with E-state index >= 15 is 0 Å². The lowest BCUT2D eigenvalue weighted by atomic mass is 9.98. The van der Waals surface area contributed by atoms with E-state index in [1.807, 2.05) is 12.2 Å². The fourth-order valence-corrected chi connectivity index (χ4v) is 9.02. The van der Waals surface area contributed by atoms with Crippen molar-refractivity contribution >= 4 is 11.9 Å². The lowest BCUT2D eigenvalue weighted by Gasteiger charge is -2.42. The van der Waals surface area contributed by atoms with Gasteiger partial charge in [-0.15, -0.1) is 0 Å². The zero-order valence-electron chi connectivity index (χ0n) is 46.3. The van der Waals surface area contributed by atoms with Gasteiger partial charge in [0.15, 0.2) is 18.7 Å². The van der Waals surface area contributed by atoms with Gasteiger partial charge >= 0.3 is 11.9 Å². The van der Waals surface area contributed by atoms with Gasteiger partial charge in [-0.2, -0.15) is 0 Å². The van der Waals surface area contributed by atoms with Crippen LogP contribution in [0.3, 0.4) is 0 Å². The van der Waals surface area contributed by atoms with Crippen LogP contribution >= 0.6 is 0 Å². The van der Waals surface area contributed by atoms with E-state index in [2.05, 4.69) is 62.5 Å². The number of carbonyl (C=O) groups is 2. The predicted molar refractivity (Wildman–Crippen MR) is 293 cm³/mol. The smallest absolute Gasteiger partial charge is 0.306 e. The predicted octanol–water partition coefficient (Wildman–Crippen LogP) is 10.00. The number of hydrogen-bond acceptors (Lipinski definition) is 15. The molecule has 434 valence electrons. The van der Waals surface area contributed by atoms with Crippen LogP contribution in [0.2, 0.25) is 0 Å². The molecule has 7 N–H and O–H groups in total. The summed E-state index contributed by atoms with van der Waals surface area (Å²) in [6.07, 6.45) is 38.3. The van der Waals surface area contributed by atoms with Crippen molar-refractivity contribution in [1.29, 1.82) is 0 Å². The molecule has 15 heteroatoms. The van der Waals surface area contributed by atoms with E-state index in [-0.39, 0.29) is 19.4 Å². The molecule has 75 heavy (non-hydrogen) atoms. The maximum atomic E-state index is 13.0. The lowest BCUT2D eigenvalue weighted by Crippen LogP contribution is -2.61. The summed E-state index contributed by atoms with van der Waals surface area (Å²) in [5.41, 5.74) is 0. The molecule has 2 heterocycles. The summed E-state index contributed by atoms with van der Waals surface area (Å²) in [7, 11) is 0. The van der Waals surface area contributed by atoms with E-state index in [0.29, 0.717) is 19.3 Å². The molecule has 2 rings (SSSR count). The van der Waals surface area contributed by atoms with Crippen molar-refractivity contribution in [3.05, 3.63) is 60.8 Å². The first-order valence-electron chi connectivity index (χ1n) is 29.4. The highest BCUT2D eigenvalue weighted by atomic mass is 16.7. The molecule has 0 aromatic rings. The van der Waals surface area contributed by atoms with Crippen molar-refractivity contribution < 1.29 is 73.8 Å². The van der Waals surface area contributed by atoms with Crippen LogP contribution in [0.25, 0.3) is 0 Å². The summed E-state index contributed by atoms with van der Waals surface area (Å²) in [5, 5.41) is 72.3. The van der Waals surface area contributed by atoms with E-state index in [1.165, 1.54) is 116 Å². The molecule has 11 unspecified atom stereocenters. The monoisotopic (exact) mass is 1060 g/mol. The van der Waals surface area contributed by atoms with Gasteiger partial charge in [0.1, 0.15) is 55.4 Å². The van der Waals surface area contributed by atoms with Gasteiger partial charge in [-0.3, -0.25) is 9.59 Å². The van der Waals surface area contributed by atoms with E-state index in [0.717, 1.165) is 51.4 Å². The first-order chi connectivity index (χ1) is 36.5. The summed E-state index contributed by atoms with van der Waals surface area (Å²) in [6, 6.07) is 0. The Morgan fingerprint density at radius 1 is 0.440 bits per heavy atom. The number of esters is 2. The molecule has 0 amide bonds. The van der Waals surface area contributed by atoms with Crippen LogP contribution in [0.15, 0.2) is 60.8 Å². The molecular weight excluding hydrogens is 961 g/mol. The molecule has 0 aromatic carbocycles. The maximum absolute atomic E-state index is 13.0. The number of rotatable bonds is 46. The first kappa shape index (κ1) is 68.3. The summed E-state index contributed by atoms with van der Waals surface area (Å²) in [4.78, 5) is 25.9. The molecule has 0 aromatic heterocycles. The second-order valence-electron chi connectivity index (χ2n) is 20.4. The summed E-state index contributed by atoms with van der Waals surface area (Å²) in [5.74, 6) is -0.988. The molecule has 0 spiro atoms. The third-order valence-electron chi connectivity index (χ3n) is 13.8. The molecule has 2 fully saturated rings. The van der Waals surface area contributed by atoms with Gasteiger partial charge in [0, 0.05) is 12.8 Å². The van der Waals surface area contributed by atoms with Crippen molar-refractivity contribution in [2.75, 3.05) is 26.4 Å². The third kappa shape index (κ3) is 33.3. The number of hydrogen-bond donors (Lipinski definition) is 7. The number of allylic oxidation sites excluding steroid dienone is 10. The topological polar surface area (TPSA) is 231 Å². The molecule has 15 nitrogen and oxygen atoms in total. The van der Waals surface area contributed by atoms with Crippen molar-refractivity contribution in [2.45, 2.75) is 280 Å². The average molecular weight is 1070 g/mol. The molecule has 2 aliphatic heterocycles. The highest BCUT2D eigenvalue weighted by Gasteiger charge is 2.47. The van der Waals surface area contributed by atoms with Crippen molar-refractivity contribution in [3.63, 3.8) is 0 Å². The van der Waals surface area contributed by atoms with Crippen molar-refractivity contribution in [1.82, 2.24) is 0 Å². The second-order valence-corrected chi connectivity index (χ2v) is 20.4. The number of aliphatic hydroxyl groups excluding tert-OH is 7. The van der Waals surface area contributed by atoms with E-state index < -0.39 is 99.3 Å². The van der Waals surface area contributed by atoms with Gasteiger partial charge in [-0.25, -0.2) is 0 Å². The molecule has 0 saturated carbocycles. The Kier molecular flexibility index (Phi) is 42.0. The Morgan fingerprint density at radius 2 is 0.840 bits per heavy atom. The number of unbranched alkanes of at least 4 members (excludes halogenated alkanes) is 22. The Morgan fingerprint density at radius 3 is 1.31 bits per heavy atom. The van der Waals surface area contributed by atoms with Crippen molar-refractivity contribution in [3.8, 4) is 0 Å². The highest BCUT2D eigenvalue weighted by Crippen LogP contribution is 2.27. The minimum Gasteiger partial charge on any atom is -0.462 e. The van der Waals surface area contributed by atoms with Gasteiger partial charge in [-0.05, 0) is 51.4 Å². The van der Waals surface area contributed by atoms with Crippen LogP contribution < -0.4 is 0 Å². The lowest BCUT2D eigenvalue weighted by molar-refractivity contribution is -0.332. The van der Waals surface area contributed by atoms with Gasteiger partial charge in [0.05, 0.1) is 19.8 Å². The fourth-order valence-electron chi connectivity index (χ4n) is 9.02. The number of carbonyl (C=O) groups excluding carboxylic acids is 2. The largest absolute Gasteiger partial charge is 0.462 e. The van der Waals surface area contributed by atoms with E-state index in [1.54, 1.807) is 0 Å². The van der Waals surface area contributed by atoms with Crippen LogP contribution in [0.4, 0.5) is 0 Å². The van der Waals surface area contributed by atoms with E-state index in [4.69, 9.17) is 28.4 Å². The minimum atomic E-state index is -1.78. The summed E-state index contributed by atoms with van der Waals surface area (Å²) < 4.78 is 33.6. The van der Waals surface area contributed by atoms with Gasteiger partial charge in [-0.1, -0.05) is 209 Å². The third-order valence-corrected chi connectivity index (χ3v) is 13.8. The Bertz CT molecular complexity index is 1530. The highest BCUT2D eigenvalue weighted by molar-refractivity contribution is 5.70. The molecule has 0 aliphatic carbocycles. The second kappa shape index (κ2) is 46.1. The first-order valence-corrected chi connectivity index (χ1v) is 29.4. The van der Waals surface area contributed by atoms with Crippen molar-refractivity contribution in [2.24, 2.45) is 0 Å². The molecular formula is C60H104O15. The van der Waals surface area contributed by atoms with Gasteiger partial charge in [0.2, 0.25) is 0 Å². The molecule has 2 saturated heterocycles. The average Bonchev–Trinajstić information content (AvgIpc) is 3.40. The quantitative estimate of drug-likeness (QED) is 0.0171. The zero-order chi connectivity index (χ0) is 54.6. The van der Waals surface area contributed by atoms with Crippen LogP contribution in [0.1, 0.15) is 213 Å². The van der Waals surface area contributed by atoms with Gasteiger partial charge < -0.3 is 64.2 Å². The zero-order valence-corrected chi connectivity index (χ0v) is 46.3. The molecule has 2 aliphatic rings. The van der Waals surface area contributed by atoms with Gasteiger partial charge in [0.25, 0.3) is 0 Å². The SMILES string of the molecule is CC/C=C\C/C=C\C/C=C\C/C=C\C/C=C\CCCC(=O)OC(COC(=O)CCCCCCCCCCCCCCCCCCCCCCCC)COC1OC(COC2OC(CO)C(O)C(O)C2O)C(O)C(O)C1O. The number of ether oxygens (including phenoxy) is 6. The van der Waals surface area contributed by atoms with Crippen LogP contribution in [-0.4, -0.2) is 142 Å². The van der Waals surface area contributed by atoms with Crippen LogP contribution in [0, 0.1) is 0 Å². The molecule has 0 bridgehead atoms. The standard InChI is InChI=1S/C60H104O15/c1-3-5-7-9-11-13-15-17-19-21-22-23-24-25-27-28-30-32-34-36-38-40-42-51(62)70-45-48(73-52(63)43-41-39-37-35-33-31-29-26-20-18-16-14-12-10-8-6-4-2)46-71-59-58(69)56(67)54(65)50(75-59)47-72-60-57(68)55(66)53(64)49(44-61)74-60/h6,8,12,14,18,20,29,31,35,37,48-50,53-61,64-69H,3-5,7,9-11,13,15-17,19,21-28,30,32-34,36,38-47H2,1-2H3/b8-6-,14-12-,20-18-,31-29-,37-35-. The minimum absolute atomic E-state index is 0.0864. The normalized spacial score (nSPS) is 24.9. The van der Waals surface area contributed by atoms with Crippen LogP contribution in [0.5, 0.6) is 0 Å².